The smallest absolute Gasteiger partial charge is 0.341 e. The highest BCUT2D eigenvalue weighted by molar-refractivity contribution is 5.91. The highest BCUT2D eigenvalue weighted by Gasteiger charge is 2.14. The van der Waals surface area contributed by atoms with Crippen LogP contribution in [0.4, 0.5) is 10.1 Å². The normalized spacial score (nSPS) is 9.67. The zero-order chi connectivity index (χ0) is 11.4. The van der Waals surface area contributed by atoms with Crippen LogP contribution in [0.1, 0.15) is 10.4 Å². The average Bonchev–Trinajstić information content (AvgIpc) is 2.18. The van der Waals surface area contributed by atoms with Crippen LogP contribution in [0.25, 0.3) is 0 Å². The number of ether oxygens (including phenoxy) is 1. The minimum Gasteiger partial charge on any atom is -0.479 e. The van der Waals surface area contributed by atoms with Crippen molar-refractivity contribution in [2.45, 2.75) is 0 Å². The Morgan fingerprint density at radius 1 is 1.47 bits per heavy atom. The Hall–Kier alpha value is -2.11. The number of anilines is 1. The van der Waals surface area contributed by atoms with E-state index in [9.17, 15) is 14.0 Å². The van der Waals surface area contributed by atoms with E-state index in [1.807, 2.05) is 0 Å². The molecule has 0 unspecified atom stereocenters. The van der Waals surface area contributed by atoms with Crippen LogP contribution in [0.2, 0.25) is 0 Å². The van der Waals surface area contributed by atoms with Gasteiger partial charge in [0, 0.05) is 5.69 Å². The van der Waals surface area contributed by atoms with E-state index < -0.39 is 24.4 Å². The highest BCUT2D eigenvalue weighted by atomic mass is 19.1. The van der Waals surface area contributed by atoms with Crippen LogP contribution in [0.15, 0.2) is 18.2 Å². The van der Waals surface area contributed by atoms with Crippen molar-refractivity contribution in [1.29, 1.82) is 0 Å². The minimum atomic E-state index is -1.31. The standard InChI is InChI=1S/C9H8FNO4/c10-7-2-1-5(11)3-6(7)9(14)15-4-8(12)13/h1-3H,4,11H2,(H,12,13). The second-order valence-electron chi connectivity index (χ2n) is 2.71. The molecule has 0 heterocycles. The van der Waals surface area contributed by atoms with Crippen molar-refractivity contribution in [2.75, 3.05) is 12.3 Å². The Morgan fingerprint density at radius 3 is 2.73 bits per heavy atom. The lowest BCUT2D eigenvalue weighted by molar-refractivity contribution is -0.140. The molecule has 0 atom stereocenters. The number of carboxylic acids is 1. The summed E-state index contributed by atoms with van der Waals surface area (Å²) in [4.78, 5) is 21.2. The first-order valence-corrected chi connectivity index (χ1v) is 3.94. The molecule has 0 aliphatic rings. The van der Waals surface area contributed by atoms with E-state index in [1.54, 1.807) is 0 Å². The molecule has 0 spiro atoms. The third kappa shape index (κ3) is 2.94. The Morgan fingerprint density at radius 2 is 2.13 bits per heavy atom. The summed E-state index contributed by atoms with van der Waals surface area (Å²) in [6.45, 7) is -0.812. The molecule has 1 aromatic carbocycles. The van der Waals surface area contributed by atoms with Gasteiger partial charge in [-0.1, -0.05) is 0 Å². The number of esters is 1. The van der Waals surface area contributed by atoms with E-state index in [4.69, 9.17) is 10.8 Å². The maximum absolute atomic E-state index is 13.0. The van der Waals surface area contributed by atoms with Crippen LogP contribution in [0, 0.1) is 5.82 Å². The first-order valence-electron chi connectivity index (χ1n) is 3.94. The molecule has 6 heteroatoms. The molecular weight excluding hydrogens is 205 g/mol. The summed E-state index contributed by atoms with van der Waals surface area (Å²) >= 11 is 0. The molecule has 15 heavy (non-hydrogen) atoms. The SMILES string of the molecule is Nc1ccc(F)c(C(=O)OCC(=O)O)c1. The third-order valence-corrected chi connectivity index (χ3v) is 1.54. The summed E-state index contributed by atoms with van der Waals surface area (Å²) in [5.41, 5.74) is 5.15. The predicted octanol–water partition coefficient (Wildman–Crippen LogP) is 0.649. The van der Waals surface area contributed by atoms with Crippen molar-refractivity contribution >= 4 is 17.6 Å². The molecular formula is C9H8FNO4. The fourth-order valence-corrected chi connectivity index (χ4v) is 0.904. The number of nitrogens with two attached hydrogens (primary N) is 1. The van der Waals surface area contributed by atoms with Crippen LogP contribution >= 0.6 is 0 Å². The zero-order valence-electron chi connectivity index (χ0n) is 7.57. The number of carboxylic acid groups (broad SMARTS) is 1. The van der Waals surface area contributed by atoms with Gasteiger partial charge >= 0.3 is 11.9 Å². The van der Waals surface area contributed by atoms with Gasteiger partial charge in [0.15, 0.2) is 6.61 Å². The topological polar surface area (TPSA) is 89.6 Å². The Labute approximate surface area is 84.3 Å². The molecule has 0 fully saturated rings. The molecule has 3 N–H and O–H groups in total. The lowest BCUT2D eigenvalue weighted by Gasteiger charge is -2.03. The zero-order valence-corrected chi connectivity index (χ0v) is 7.57. The fourth-order valence-electron chi connectivity index (χ4n) is 0.904. The summed E-state index contributed by atoms with van der Waals surface area (Å²) in [6.07, 6.45) is 0. The molecule has 0 radical (unpaired) electrons. The number of hydrogen-bond donors (Lipinski definition) is 2. The maximum Gasteiger partial charge on any atom is 0.341 e. The van der Waals surface area contributed by atoms with Gasteiger partial charge < -0.3 is 15.6 Å². The molecule has 5 nitrogen and oxygen atoms in total. The maximum atomic E-state index is 13.0. The van der Waals surface area contributed by atoms with Crippen molar-refractivity contribution < 1.29 is 23.8 Å². The number of hydrogen-bond acceptors (Lipinski definition) is 4. The summed E-state index contributed by atoms with van der Waals surface area (Å²) < 4.78 is 17.3. The molecule has 0 saturated carbocycles. The number of carbonyl (C=O) groups is 2. The summed E-state index contributed by atoms with van der Waals surface area (Å²) in [7, 11) is 0. The molecule has 0 aliphatic heterocycles. The number of nitrogen functional groups attached to an aromatic ring is 1. The van der Waals surface area contributed by atoms with Crippen LogP contribution < -0.4 is 5.73 Å². The summed E-state index contributed by atoms with van der Waals surface area (Å²) in [5, 5.41) is 8.24. The van der Waals surface area contributed by atoms with Gasteiger partial charge in [-0.2, -0.15) is 0 Å². The number of benzene rings is 1. The highest BCUT2D eigenvalue weighted by Crippen LogP contribution is 2.12. The van der Waals surface area contributed by atoms with Gasteiger partial charge in [-0.15, -0.1) is 0 Å². The van der Waals surface area contributed by atoms with Crippen LogP contribution in [-0.2, 0) is 9.53 Å². The molecule has 1 rings (SSSR count). The summed E-state index contributed by atoms with van der Waals surface area (Å²) in [5.74, 6) is -3.17. The van der Waals surface area contributed by atoms with E-state index in [0.29, 0.717) is 0 Å². The minimum absolute atomic E-state index is 0.193. The lowest BCUT2D eigenvalue weighted by atomic mass is 10.2. The second kappa shape index (κ2) is 4.41. The van der Waals surface area contributed by atoms with E-state index in [-0.39, 0.29) is 11.3 Å². The quantitative estimate of drug-likeness (QED) is 0.568. The van der Waals surface area contributed by atoms with Crippen LogP contribution in [0.5, 0.6) is 0 Å². The van der Waals surface area contributed by atoms with Gasteiger partial charge in [-0.25, -0.2) is 14.0 Å². The molecule has 80 valence electrons. The van der Waals surface area contributed by atoms with Gasteiger partial charge in [-0.05, 0) is 18.2 Å². The number of aliphatic carboxylic acids is 1. The average molecular weight is 213 g/mol. The number of halogens is 1. The third-order valence-electron chi connectivity index (χ3n) is 1.54. The first-order chi connectivity index (χ1) is 7.00. The number of rotatable bonds is 3. The van der Waals surface area contributed by atoms with E-state index in [1.165, 1.54) is 6.07 Å². The Balaban J connectivity index is 2.81. The molecule has 0 aliphatic carbocycles. The van der Waals surface area contributed by atoms with E-state index >= 15 is 0 Å². The van der Waals surface area contributed by atoms with E-state index in [0.717, 1.165) is 12.1 Å². The molecule has 0 aromatic heterocycles. The number of carbonyl (C=O) groups excluding carboxylic acids is 1. The van der Waals surface area contributed by atoms with Crippen molar-refractivity contribution in [3.63, 3.8) is 0 Å². The molecule has 0 bridgehead atoms. The largest absolute Gasteiger partial charge is 0.479 e. The van der Waals surface area contributed by atoms with Crippen LogP contribution in [0.3, 0.4) is 0 Å². The van der Waals surface area contributed by atoms with Gasteiger partial charge in [0.2, 0.25) is 0 Å². The fraction of sp³-hybridized carbons (Fsp3) is 0.111. The van der Waals surface area contributed by atoms with E-state index in [2.05, 4.69) is 4.74 Å². The van der Waals surface area contributed by atoms with Crippen molar-refractivity contribution in [1.82, 2.24) is 0 Å². The lowest BCUT2D eigenvalue weighted by Crippen LogP contribution is -2.14. The van der Waals surface area contributed by atoms with Crippen molar-refractivity contribution in [3.8, 4) is 0 Å². The van der Waals surface area contributed by atoms with Crippen molar-refractivity contribution in [2.24, 2.45) is 0 Å². The van der Waals surface area contributed by atoms with Gasteiger partial charge in [0.25, 0.3) is 0 Å². The predicted molar refractivity (Wildman–Crippen MR) is 48.7 cm³/mol. The molecule has 0 amide bonds. The monoisotopic (exact) mass is 213 g/mol. The first kappa shape index (κ1) is 11.0. The Bertz CT molecular complexity index is 405. The summed E-state index contributed by atoms with van der Waals surface area (Å²) in [6, 6.07) is 3.37. The second-order valence-corrected chi connectivity index (χ2v) is 2.71. The molecule has 0 saturated heterocycles. The van der Waals surface area contributed by atoms with Crippen molar-refractivity contribution in [3.05, 3.63) is 29.6 Å². The van der Waals surface area contributed by atoms with Gasteiger partial charge in [0.05, 0.1) is 5.56 Å². The Kier molecular flexibility index (Phi) is 3.22. The van der Waals surface area contributed by atoms with Gasteiger partial charge in [-0.3, -0.25) is 0 Å². The molecule has 1 aromatic rings. The van der Waals surface area contributed by atoms with Gasteiger partial charge in [0.1, 0.15) is 5.82 Å². The van der Waals surface area contributed by atoms with Crippen LogP contribution in [-0.4, -0.2) is 23.7 Å².